The topological polar surface area (TPSA) is 99.6 Å². The summed E-state index contributed by atoms with van der Waals surface area (Å²) in [5, 5.41) is 10.3. The van der Waals surface area contributed by atoms with Crippen LogP contribution in [0.3, 0.4) is 0 Å². The van der Waals surface area contributed by atoms with E-state index in [9.17, 15) is 9.90 Å². The van der Waals surface area contributed by atoms with Crippen LogP contribution in [0.5, 0.6) is 0 Å². The molecule has 0 aromatic carbocycles. The summed E-state index contributed by atoms with van der Waals surface area (Å²) in [6.07, 6.45) is 0.210. The second-order valence-corrected chi connectivity index (χ2v) is 12.4. The van der Waals surface area contributed by atoms with Gasteiger partial charge < -0.3 is 20.0 Å². The summed E-state index contributed by atoms with van der Waals surface area (Å²) in [6.45, 7) is 11.1. The number of aliphatic hydroxyl groups excluding tert-OH is 1. The normalized spacial score (nSPS) is 25.7. The van der Waals surface area contributed by atoms with E-state index < -0.39 is 32.4 Å². The van der Waals surface area contributed by atoms with E-state index in [1.807, 2.05) is 0 Å². The van der Waals surface area contributed by atoms with Gasteiger partial charge in [-0.2, -0.15) is 4.98 Å². The molecule has 130 valence electrons. The van der Waals surface area contributed by atoms with E-state index in [-0.39, 0.29) is 10.9 Å². The first-order valence-electron chi connectivity index (χ1n) is 7.83. The summed E-state index contributed by atoms with van der Waals surface area (Å²) in [7, 11) is -1.91. The second-order valence-electron chi connectivity index (χ2n) is 7.55. The lowest BCUT2D eigenvalue weighted by Crippen LogP contribution is -2.43. The van der Waals surface area contributed by atoms with Crippen LogP contribution in [0.1, 0.15) is 33.4 Å². The van der Waals surface area contributed by atoms with E-state index in [0.29, 0.717) is 13.0 Å². The van der Waals surface area contributed by atoms with Gasteiger partial charge in [0.25, 0.3) is 0 Å². The number of hydrogen-bond donors (Lipinski definition) is 2. The highest BCUT2D eigenvalue weighted by Gasteiger charge is 2.41. The van der Waals surface area contributed by atoms with Crippen LogP contribution in [0.4, 0.5) is 5.82 Å². The summed E-state index contributed by atoms with van der Waals surface area (Å²) in [5.74, 6) is 0.169. The van der Waals surface area contributed by atoms with Crippen molar-refractivity contribution < 1.29 is 14.3 Å². The van der Waals surface area contributed by atoms with E-state index in [2.05, 4.69) is 38.8 Å². The van der Waals surface area contributed by atoms with Crippen LogP contribution in [0.15, 0.2) is 17.1 Å². The Morgan fingerprint density at radius 1 is 1.52 bits per heavy atom. The van der Waals surface area contributed by atoms with Gasteiger partial charge in [-0.05, 0) is 24.2 Å². The molecule has 1 aromatic heterocycles. The fourth-order valence-corrected chi connectivity index (χ4v) is 3.20. The largest absolute Gasteiger partial charge is 0.414 e. The zero-order valence-corrected chi connectivity index (χ0v) is 15.4. The minimum absolute atomic E-state index is 0.0910. The molecule has 1 aromatic rings. The van der Waals surface area contributed by atoms with Gasteiger partial charge in [-0.1, -0.05) is 20.8 Å². The number of ether oxygens (including phenoxy) is 1. The zero-order valence-electron chi connectivity index (χ0n) is 14.4. The molecule has 1 saturated heterocycles. The van der Waals surface area contributed by atoms with Crippen molar-refractivity contribution in [2.45, 2.75) is 63.8 Å². The Morgan fingerprint density at radius 2 is 2.17 bits per heavy atom. The van der Waals surface area contributed by atoms with Gasteiger partial charge in [0.1, 0.15) is 18.1 Å². The highest BCUT2D eigenvalue weighted by atomic mass is 28.4. The fourth-order valence-electron chi connectivity index (χ4n) is 2.19. The highest BCUT2D eigenvalue weighted by molar-refractivity contribution is 6.74. The average Bonchev–Trinajstić information content (AvgIpc) is 2.76. The van der Waals surface area contributed by atoms with Crippen LogP contribution >= 0.6 is 0 Å². The predicted octanol–water partition coefficient (Wildman–Crippen LogP) is 1.50. The number of nitrogen functional groups attached to an aromatic ring is 1. The lowest BCUT2D eigenvalue weighted by atomic mass is 10.2. The minimum Gasteiger partial charge on any atom is -0.414 e. The Kier molecular flexibility index (Phi) is 5.00. The molecule has 7 nitrogen and oxygen atoms in total. The van der Waals surface area contributed by atoms with Crippen molar-refractivity contribution >= 4 is 14.1 Å². The maximum absolute atomic E-state index is 11.9. The lowest BCUT2D eigenvalue weighted by molar-refractivity contribution is -0.0432. The van der Waals surface area contributed by atoms with Crippen molar-refractivity contribution in [3.05, 3.63) is 22.7 Å². The Balaban J connectivity index is 2.03. The Bertz CT molecular complexity index is 611. The van der Waals surface area contributed by atoms with E-state index in [1.54, 1.807) is 6.20 Å². The van der Waals surface area contributed by atoms with Crippen molar-refractivity contribution in [1.29, 1.82) is 0 Å². The van der Waals surface area contributed by atoms with Crippen LogP contribution in [-0.4, -0.2) is 41.8 Å². The van der Waals surface area contributed by atoms with Crippen LogP contribution in [0, 0.1) is 0 Å². The van der Waals surface area contributed by atoms with Gasteiger partial charge in [-0.3, -0.25) is 4.57 Å². The molecular formula is C15H27N3O4Si. The molecule has 1 fully saturated rings. The summed E-state index contributed by atoms with van der Waals surface area (Å²) in [4.78, 5) is 15.6. The highest BCUT2D eigenvalue weighted by Crippen LogP contribution is 2.37. The Labute approximate surface area is 137 Å². The van der Waals surface area contributed by atoms with E-state index in [1.165, 1.54) is 10.6 Å². The van der Waals surface area contributed by atoms with Crippen molar-refractivity contribution in [2.75, 3.05) is 12.3 Å². The summed E-state index contributed by atoms with van der Waals surface area (Å²) < 4.78 is 13.3. The van der Waals surface area contributed by atoms with Gasteiger partial charge in [0, 0.05) is 12.6 Å². The molecule has 0 saturated carbocycles. The van der Waals surface area contributed by atoms with Gasteiger partial charge in [0.05, 0.1) is 12.7 Å². The molecule has 1 aliphatic rings. The molecular weight excluding hydrogens is 314 g/mol. The van der Waals surface area contributed by atoms with Gasteiger partial charge in [-0.15, -0.1) is 0 Å². The molecule has 2 heterocycles. The fraction of sp³-hybridized carbons (Fsp3) is 0.733. The molecule has 1 aliphatic heterocycles. The maximum atomic E-state index is 11.9. The van der Waals surface area contributed by atoms with Crippen LogP contribution in [0.25, 0.3) is 0 Å². The van der Waals surface area contributed by atoms with Crippen LogP contribution in [-0.2, 0) is 9.16 Å². The molecule has 8 heteroatoms. The first-order valence-corrected chi connectivity index (χ1v) is 10.7. The molecule has 2 rings (SSSR count). The first-order chi connectivity index (χ1) is 10.5. The number of nitrogens with two attached hydrogens (primary N) is 1. The number of aliphatic hydroxyl groups is 1. The molecule has 0 spiro atoms. The summed E-state index contributed by atoms with van der Waals surface area (Å²) in [5.41, 5.74) is 5.01. The SMILES string of the molecule is CC(C)(C)[Si](C)(C)OC[C@H]1O[C@@H](n2ccc(N)nc2=O)CC1O. The molecule has 0 radical (unpaired) electrons. The second kappa shape index (κ2) is 6.35. The molecule has 3 N–H and O–H groups in total. The van der Waals surface area contributed by atoms with Gasteiger partial charge in [0.15, 0.2) is 8.32 Å². The molecule has 1 unspecified atom stereocenters. The maximum Gasteiger partial charge on any atom is 0.351 e. The van der Waals surface area contributed by atoms with Crippen molar-refractivity contribution in [3.63, 3.8) is 0 Å². The number of anilines is 1. The van der Waals surface area contributed by atoms with Gasteiger partial charge in [0.2, 0.25) is 0 Å². The molecule has 23 heavy (non-hydrogen) atoms. The monoisotopic (exact) mass is 341 g/mol. The van der Waals surface area contributed by atoms with E-state index in [4.69, 9.17) is 14.9 Å². The lowest BCUT2D eigenvalue weighted by Gasteiger charge is -2.37. The minimum atomic E-state index is -1.91. The standard InChI is InChI=1S/C15H27N3O4Si/c1-15(2,3)23(4,5)21-9-11-10(19)8-13(22-11)18-7-6-12(16)17-14(18)20/h6-7,10-11,13,19H,8-9H2,1-5H3,(H2,16,17,20)/t10?,11-,13-/m1/s1. The molecule has 0 amide bonds. The number of aromatic nitrogens is 2. The third-order valence-corrected chi connectivity index (χ3v) is 9.28. The van der Waals surface area contributed by atoms with Crippen LogP contribution in [0.2, 0.25) is 18.1 Å². The quantitative estimate of drug-likeness (QED) is 0.805. The Morgan fingerprint density at radius 3 is 2.74 bits per heavy atom. The van der Waals surface area contributed by atoms with E-state index in [0.717, 1.165) is 0 Å². The zero-order chi connectivity index (χ0) is 17.4. The number of hydrogen-bond acceptors (Lipinski definition) is 6. The first kappa shape index (κ1) is 18.1. The number of nitrogens with zero attached hydrogens (tertiary/aromatic N) is 2. The van der Waals surface area contributed by atoms with Crippen molar-refractivity contribution in [2.24, 2.45) is 0 Å². The number of rotatable bonds is 4. The predicted molar refractivity (Wildman–Crippen MR) is 90.6 cm³/mol. The van der Waals surface area contributed by atoms with Gasteiger partial charge in [-0.25, -0.2) is 4.79 Å². The molecule has 0 aliphatic carbocycles. The third-order valence-electron chi connectivity index (χ3n) is 4.78. The average molecular weight is 341 g/mol. The van der Waals surface area contributed by atoms with Gasteiger partial charge >= 0.3 is 5.69 Å². The Hall–Kier alpha value is -1.22. The van der Waals surface area contributed by atoms with E-state index >= 15 is 0 Å². The molecule has 3 atom stereocenters. The molecule has 0 bridgehead atoms. The summed E-state index contributed by atoms with van der Waals surface area (Å²) >= 11 is 0. The smallest absolute Gasteiger partial charge is 0.351 e. The summed E-state index contributed by atoms with van der Waals surface area (Å²) in [6, 6.07) is 1.54. The van der Waals surface area contributed by atoms with Crippen LogP contribution < -0.4 is 11.4 Å². The van der Waals surface area contributed by atoms with Crippen molar-refractivity contribution in [3.8, 4) is 0 Å². The van der Waals surface area contributed by atoms with Crippen molar-refractivity contribution in [1.82, 2.24) is 9.55 Å². The third kappa shape index (κ3) is 4.00.